The Morgan fingerprint density at radius 1 is 1.21 bits per heavy atom. The Labute approximate surface area is 165 Å². The molecule has 0 aliphatic carbocycles. The van der Waals surface area contributed by atoms with E-state index in [1.165, 1.54) is 12.2 Å². The molecule has 2 amide bonds. The molecule has 2 N–H and O–H groups in total. The van der Waals surface area contributed by atoms with E-state index in [0.29, 0.717) is 16.9 Å². The van der Waals surface area contributed by atoms with Gasteiger partial charge in [0, 0.05) is 12.3 Å². The standard InChI is InChI=1S/C19H14ClN5O3/c20-19-14(25-10-4-3-7-16(25)22-19)8-9-17(26)23-24-18(27)12-28-15-6-2-1-5-13(15)11-21/h1-10H,12H2,(H,23,26)(H,24,27)/b9-8+. The van der Waals surface area contributed by atoms with Crippen molar-refractivity contribution >= 4 is 35.1 Å². The largest absolute Gasteiger partial charge is 0.482 e. The summed E-state index contributed by atoms with van der Waals surface area (Å²) in [6.45, 7) is -0.359. The van der Waals surface area contributed by atoms with Crippen LogP contribution >= 0.6 is 11.6 Å². The van der Waals surface area contributed by atoms with E-state index in [1.54, 1.807) is 40.9 Å². The number of rotatable bonds is 5. The molecule has 0 saturated heterocycles. The highest BCUT2D eigenvalue weighted by Crippen LogP contribution is 2.18. The summed E-state index contributed by atoms with van der Waals surface area (Å²) in [5, 5.41) is 9.23. The van der Waals surface area contributed by atoms with Crippen molar-refractivity contribution in [3.8, 4) is 11.8 Å². The number of fused-ring (bicyclic) bond motifs is 1. The van der Waals surface area contributed by atoms with Gasteiger partial charge in [-0.2, -0.15) is 5.26 Å². The van der Waals surface area contributed by atoms with Crippen molar-refractivity contribution in [3.05, 3.63) is 71.1 Å². The van der Waals surface area contributed by atoms with Crippen LogP contribution in [0.2, 0.25) is 5.15 Å². The molecule has 8 nitrogen and oxygen atoms in total. The predicted molar refractivity (Wildman–Crippen MR) is 102 cm³/mol. The summed E-state index contributed by atoms with van der Waals surface area (Å²) in [6.07, 6.45) is 4.47. The molecule has 0 fully saturated rings. The Morgan fingerprint density at radius 2 is 2.00 bits per heavy atom. The highest BCUT2D eigenvalue weighted by atomic mass is 35.5. The van der Waals surface area contributed by atoms with Crippen LogP contribution in [-0.2, 0) is 9.59 Å². The first kappa shape index (κ1) is 18.9. The van der Waals surface area contributed by atoms with Crippen molar-refractivity contribution in [2.75, 3.05) is 6.61 Å². The van der Waals surface area contributed by atoms with Gasteiger partial charge in [-0.15, -0.1) is 0 Å². The lowest BCUT2D eigenvalue weighted by Gasteiger charge is -2.08. The SMILES string of the molecule is N#Cc1ccccc1OCC(=O)NNC(=O)/C=C/c1c(Cl)nc2ccccn12. The normalized spacial score (nSPS) is 10.6. The predicted octanol–water partition coefficient (Wildman–Crippen LogP) is 2.10. The van der Waals surface area contributed by atoms with Gasteiger partial charge in [-0.05, 0) is 30.3 Å². The molecule has 1 aromatic carbocycles. The molecular weight excluding hydrogens is 382 g/mol. The fourth-order valence-corrected chi connectivity index (χ4v) is 2.57. The van der Waals surface area contributed by atoms with Crippen LogP contribution in [-0.4, -0.2) is 27.8 Å². The Hall–Kier alpha value is -3.83. The monoisotopic (exact) mass is 395 g/mol. The van der Waals surface area contributed by atoms with Gasteiger partial charge in [-0.25, -0.2) is 4.98 Å². The van der Waals surface area contributed by atoms with E-state index in [9.17, 15) is 9.59 Å². The highest BCUT2D eigenvalue weighted by Gasteiger charge is 2.09. The van der Waals surface area contributed by atoms with Crippen molar-refractivity contribution in [2.24, 2.45) is 0 Å². The Bertz CT molecular complexity index is 1100. The summed E-state index contributed by atoms with van der Waals surface area (Å²) in [7, 11) is 0. The summed E-state index contributed by atoms with van der Waals surface area (Å²) >= 11 is 6.08. The maximum atomic E-state index is 11.9. The number of carbonyl (C=O) groups is 2. The van der Waals surface area contributed by atoms with Crippen molar-refractivity contribution in [3.63, 3.8) is 0 Å². The molecule has 0 aliphatic rings. The van der Waals surface area contributed by atoms with E-state index in [-0.39, 0.29) is 17.5 Å². The molecule has 28 heavy (non-hydrogen) atoms. The molecule has 0 bridgehead atoms. The summed E-state index contributed by atoms with van der Waals surface area (Å²) in [5.41, 5.74) is 5.95. The minimum absolute atomic E-state index is 0.254. The third kappa shape index (κ3) is 4.47. The van der Waals surface area contributed by atoms with Gasteiger partial charge in [0.15, 0.2) is 11.8 Å². The smallest absolute Gasteiger partial charge is 0.276 e. The quantitative estimate of drug-likeness (QED) is 0.508. The Kier molecular flexibility index (Phi) is 5.89. The van der Waals surface area contributed by atoms with Crippen LogP contribution in [0, 0.1) is 11.3 Å². The molecule has 0 radical (unpaired) electrons. The lowest BCUT2D eigenvalue weighted by Crippen LogP contribution is -2.43. The van der Waals surface area contributed by atoms with E-state index >= 15 is 0 Å². The number of halogens is 1. The van der Waals surface area contributed by atoms with Crippen LogP contribution in [0.25, 0.3) is 11.7 Å². The maximum Gasteiger partial charge on any atom is 0.276 e. The average molecular weight is 396 g/mol. The number of benzene rings is 1. The van der Waals surface area contributed by atoms with Crippen molar-refractivity contribution < 1.29 is 14.3 Å². The summed E-state index contributed by atoms with van der Waals surface area (Å²) in [4.78, 5) is 27.9. The second-order valence-electron chi connectivity index (χ2n) is 5.48. The van der Waals surface area contributed by atoms with Crippen LogP contribution in [0.4, 0.5) is 0 Å². The number of aromatic nitrogens is 2. The molecule has 0 spiro atoms. The number of hydrogen-bond acceptors (Lipinski definition) is 5. The molecule has 0 atom stereocenters. The lowest BCUT2D eigenvalue weighted by atomic mass is 10.2. The van der Waals surface area contributed by atoms with Crippen LogP contribution in [0.5, 0.6) is 5.75 Å². The molecule has 2 heterocycles. The molecule has 0 unspecified atom stereocenters. The summed E-state index contributed by atoms with van der Waals surface area (Å²) in [6, 6.07) is 13.9. The molecule has 9 heteroatoms. The number of ether oxygens (including phenoxy) is 1. The highest BCUT2D eigenvalue weighted by molar-refractivity contribution is 6.31. The number of pyridine rings is 1. The van der Waals surface area contributed by atoms with Crippen LogP contribution in [0.15, 0.2) is 54.7 Å². The minimum Gasteiger partial charge on any atom is -0.482 e. The molecule has 0 aliphatic heterocycles. The van der Waals surface area contributed by atoms with Gasteiger partial charge in [-0.3, -0.25) is 24.8 Å². The number of carbonyl (C=O) groups excluding carboxylic acids is 2. The molecule has 3 rings (SSSR count). The molecular formula is C19H14ClN5O3. The van der Waals surface area contributed by atoms with Crippen molar-refractivity contribution in [2.45, 2.75) is 0 Å². The maximum absolute atomic E-state index is 11.9. The molecule has 140 valence electrons. The summed E-state index contributed by atoms with van der Waals surface area (Å²) < 4.78 is 7.00. The first-order valence-corrected chi connectivity index (χ1v) is 8.47. The van der Waals surface area contributed by atoms with E-state index in [4.69, 9.17) is 21.6 Å². The lowest BCUT2D eigenvalue weighted by molar-refractivity contribution is -0.128. The molecule has 0 saturated carbocycles. The van der Waals surface area contributed by atoms with Gasteiger partial charge < -0.3 is 4.74 Å². The number of nitriles is 1. The van der Waals surface area contributed by atoms with Gasteiger partial charge in [0.25, 0.3) is 11.8 Å². The number of hydrogen-bond donors (Lipinski definition) is 2. The van der Waals surface area contributed by atoms with Gasteiger partial charge >= 0.3 is 0 Å². The van der Waals surface area contributed by atoms with E-state index in [2.05, 4.69) is 15.8 Å². The topological polar surface area (TPSA) is 109 Å². The Balaban J connectivity index is 1.52. The van der Waals surface area contributed by atoms with Crippen LogP contribution < -0.4 is 15.6 Å². The number of para-hydroxylation sites is 1. The van der Waals surface area contributed by atoms with Crippen LogP contribution in [0.3, 0.4) is 0 Å². The average Bonchev–Trinajstić information content (AvgIpc) is 3.04. The van der Waals surface area contributed by atoms with E-state index < -0.39 is 11.8 Å². The number of hydrazine groups is 1. The van der Waals surface area contributed by atoms with Gasteiger partial charge in [0.05, 0.1) is 11.3 Å². The zero-order chi connectivity index (χ0) is 19.9. The fourth-order valence-electron chi connectivity index (χ4n) is 2.33. The molecule has 3 aromatic rings. The number of amides is 2. The second kappa shape index (κ2) is 8.70. The number of imidazole rings is 1. The van der Waals surface area contributed by atoms with Crippen molar-refractivity contribution in [1.29, 1.82) is 5.26 Å². The van der Waals surface area contributed by atoms with Crippen molar-refractivity contribution in [1.82, 2.24) is 20.2 Å². The third-order valence-corrected chi connectivity index (χ3v) is 3.88. The first-order valence-electron chi connectivity index (χ1n) is 8.10. The third-order valence-electron chi connectivity index (χ3n) is 3.61. The van der Waals surface area contributed by atoms with Crippen LogP contribution in [0.1, 0.15) is 11.3 Å². The fraction of sp³-hybridized carbons (Fsp3) is 0.0526. The van der Waals surface area contributed by atoms with Gasteiger partial charge in [0.2, 0.25) is 0 Å². The number of nitrogens with one attached hydrogen (secondary N) is 2. The first-order chi connectivity index (χ1) is 13.6. The Morgan fingerprint density at radius 3 is 2.82 bits per heavy atom. The van der Waals surface area contributed by atoms with E-state index in [1.807, 2.05) is 18.2 Å². The number of nitrogens with zero attached hydrogens (tertiary/aromatic N) is 3. The second-order valence-corrected chi connectivity index (χ2v) is 5.84. The van der Waals surface area contributed by atoms with E-state index in [0.717, 1.165) is 0 Å². The van der Waals surface area contributed by atoms with Gasteiger partial charge in [-0.1, -0.05) is 29.8 Å². The summed E-state index contributed by atoms with van der Waals surface area (Å²) in [5.74, 6) is -0.858. The zero-order valence-corrected chi connectivity index (χ0v) is 15.2. The minimum atomic E-state index is -0.581. The molecule has 2 aromatic heterocycles. The zero-order valence-electron chi connectivity index (χ0n) is 14.4. The van der Waals surface area contributed by atoms with Gasteiger partial charge in [0.1, 0.15) is 17.5 Å².